The van der Waals surface area contributed by atoms with E-state index in [1.54, 1.807) is 6.20 Å². The molecule has 1 aromatic heterocycles. The van der Waals surface area contributed by atoms with Crippen molar-refractivity contribution in [1.29, 1.82) is 0 Å². The number of nitrogens with one attached hydrogen (secondary N) is 2. The molecule has 1 heterocycles. The Labute approximate surface area is 117 Å². The molecule has 1 aliphatic carbocycles. The van der Waals surface area contributed by atoms with Crippen LogP contribution in [0.15, 0.2) is 10.7 Å². The molecule has 0 spiro atoms. The molecular formula is C13H21BrN4. The van der Waals surface area contributed by atoms with Crippen LogP contribution in [-0.2, 0) is 0 Å². The fraction of sp³-hybridized carbons (Fsp3) is 0.692. The highest BCUT2D eigenvalue weighted by Crippen LogP contribution is 2.27. The lowest BCUT2D eigenvalue weighted by Crippen LogP contribution is -2.10. The molecule has 1 aromatic rings. The van der Waals surface area contributed by atoms with Crippen LogP contribution >= 0.6 is 15.9 Å². The molecule has 0 radical (unpaired) electrons. The summed E-state index contributed by atoms with van der Waals surface area (Å²) < 4.78 is 0.926. The second kappa shape index (κ2) is 6.92. The van der Waals surface area contributed by atoms with Crippen molar-refractivity contribution >= 4 is 27.7 Å². The lowest BCUT2D eigenvalue weighted by atomic mass is 10.0. The Balaban J connectivity index is 1.85. The first-order valence-electron chi connectivity index (χ1n) is 6.80. The summed E-state index contributed by atoms with van der Waals surface area (Å²) in [6, 6.07) is 0. The second-order valence-corrected chi connectivity index (χ2v) is 5.64. The van der Waals surface area contributed by atoms with Gasteiger partial charge in [-0.2, -0.15) is 4.98 Å². The number of hydrogen-bond donors (Lipinski definition) is 2. The average molecular weight is 313 g/mol. The standard InChI is InChI=1S/C13H21BrN4/c1-2-15-13-17-9-11(14)12(18-13)16-8-7-10-5-3-4-6-10/h9-10H,2-8H2,1H3,(H2,15,16,17,18). The van der Waals surface area contributed by atoms with Crippen LogP contribution in [0.5, 0.6) is 0 Å². The third-order valence-electron chi connectivity index (χ3n) is 3.40. The van der Waals surface area contributed by atoms with E-state index < -0.39 is 0 Å². The first kappa shape index (κ1) is 13.6. The van der Waals surface area contributed by atoms with E-state index in [4.69, 9.17) is 0 Å². The Morgan fingerprint density at radius 1 is 1.33 bits per heavy atom. The van der Waals surface area contributed by atoms with E-state index in [1.807, 2.05) is 6.92 Å². The molecule has 0 aliphatic heterocycles. The van der Waals surface area contributed by atoms with Gasteiger partial charge in [0.15, 0.2) is 0 Å². The van der Waals surface area contributed by atoms with Gasteiger partial charge in [-0.3, -0.25) is 0 Å². The summed E-state index contributed by atoms with van der Waals surface area (Å²) in [5.41, 5.74) is 0. The zero-order valence-electron chi connectivity index (χ0n) is 10.9. The van der Waals surface area contributed by atoms with Gasteiger partial charge in [0.25, 0.3) is 0 Å². The van der Waals surface area contributed by atoms with Crippen molar-refractivity contribution in [2.24, 2.45) is 5.92 Å². The SMILES string of the molecule is CCNc1ncc(Br)c(NCCC2CCCC2)n1. The number of rotatable bonds is 6. The van der Waals surface area contributed by atoms with Crippen LogP contribution in [0, 0.1) is 5.92 Å². The summed E-state index contributed by atoms with van der Waals surface area (Å²) in [4.78, 5) is 8.65. The first-order valence-corrected chi connectivity index (χ1v) is 7.59. The summed E-state index contributed by atoms with van der Waals surface area (Å²) in [6.07, 6.45) is 8.65. The average Bonchev–Trinajstić information content (AvgIpc) is 2.86. The molecule has 1 fully saturated rings. The highest BCUT2D eigenvalue weighted by atomic mass is 79.9. The second-order valence-electron chi connectivity index (χ2n) is 4.79. The van der Waals surface area contributed by atoms with Gasteiger partial charge in [-0.1, -0.05) is 25.7 Å². The van der Waals surface area contributed by atoms with Gasteiger partial charge < -0.3 is 10.6 Å². The smallest absolute Gasteiger partial charge is 0.224 e. The highest BCUT2D eigenvalue weighted by molar-refractivity contribution is 9.10. The molecule has 0 aromatic carbocycles. The first-order chi connectivity index (χ1) is 8.79. The van der Waals surface area contributed by atoms with Crippen LogP contribution in [0.1, 0.15) is 39.0 Å². The monoisotopic (exact) mass is 312 g/mol. The van der Waals surface area contributed by atoms with E-state index in [2.05, 4.69) is 36.5 Å². The van der Waals surface area contributed by atoms with Crippen LogP contribution < -0.4 is 10.6 Å². The molecule has 1 saturated carbocycles. The van der Waals surface area contributed by atoms with Crippen LogP contribution in [0.2, 0.25) is 0 Å². The molecular weight excluding hydrogens is 292 g/mol. The normalized spacial score (nSPS) is 15.9. The maximum Gasteiger partial charge on any atom is 0.224 e. The van der Waals surface area contributed by atoms with Gasteiger partial charge in [0, 0.05) is 19.3 Å². The summed E-state index contributed by atoms with van der Waals surface area (Å²) >= 11 is 3.48. The Bertz CT molecular complexity index is 377. The minimum absolute atomic E-state index is 0.684. The zero-order valence-corrected chi connectivity index (χ0v) is 12.5. The molecule has 0 atom stereocenters. The lowest BCUT2D eigenvalue weighted by molar-refractivity contribution is 0.518. The van der Waals surface area contributed by atoms with Crippen molar-refractivity contribution in [1.82, 2.24) is 9.97 Å². The molecule has 0 unspecified atom stereocenters. The third kappa shape index (κ3) is 3.83. The summed E-state index contributed by atoms with van der Waals surface area (Å²) in [7, 11) is 0. The van der Waals surface area contributed by atoms with Gasteiger partial charge in [-0.25, -0.2) is 4.98 Å². The topological polar surface area (TPSA) is 49.8 Å². The molecule has 0 bridgehead atoms. The van der Waals surface area contributed by atoms with Crippen molar-refractivity contribution in [2.75, 3.05) is 23.7 Å². The maximum absolute atomic E-state index is 4.45. The van der Waals surface area contributed by atoms with Gasteiger partial charge in [-0.05, 0) is 35.2 Å². The predicted molar refractivity (Wildman–Crippen MR) is 79.0 cm³/mol. The van der Waals surface area contributed by atoms with E-state index in [9.17, 15) is 0 Å². The molecule has 18 heavy (non-hydrogen) atoms. The van der Waals surface area contributed by atoms with Gasteiger partial charge in [0.05, 0.1) is 4.47 Å². The van der Waals surface area contributed by atoms with Gasteiger partial charge in [0.2, 0.25) is 5.95 Å². The van der Waals surface area contributed by atoms with Crippen LogP contribution in [0.3, 0.4) is 0 Å². The van der Waals surface area contributed by atoms with Crippen molar-refractivity contribution in [2.45, 2.75) is 39.0 Å². The zero-order chi connectivity index (χ0) is 12.8. The highest BCUT2D eigenvalue weighted by Gasteiger charge is 2.14. The largest absolute Gasteiger partial charge is 0.369 e. The Morgan fingerprint density at radius 2 is 2.11 bits per heavy atom. The van der Waals surface area contributed by atoms with Crippen LogP contribution in [-0.4, -0.2) is 23.1 Å². The number of nitrogens with zero attached hydrogens (tertiary/aromatic N) is 2. The van der Waals surface area contributed by atoms with E-state index in [-0.39, 0.29) is 0 Å². The van der Waals surface area contributed by atoms with Crippen molar-refractivity contribution in [3.05, 3.63) is 10.7 Å². The van der Waals surface area contributed by atoms with Crippen molar-refractivity contribution in [3.63, 3.8) is 0 Å². The molecule has 100 valence electrons. The van der Waals surface area contributed by atoms with Gasteiger partial charge >= 0.3 is 0 Å². The van der Waals surface area contributed by atoms with Crippen molar-refractivity contribution < 1.29 is 0 Å². The summed E-state index contributed by atoms with van der Waals surface area (Å²) in [6.45, 7) is 3.87. The molecule has 2 rings (SSSR count). The number of anilines is 2. The predicted octanol–water partition coefficient (Wildman–Crippen LogP) is 3.66. The van der Waals surface area contributed by atoms with Crippen LogP contribution in [0.4, 0.5) is 11.8 Å². The Hall–Kier alpha value is -0.840. The van der Waals surface area contributed by atoms with E-state index >= 15 is 0 Å². The van der Waals surface area contributed by atoms with Gasteiger partial charge in [-0.15, -0.1) is 0 Å². The quantitative estimate of drug-likeness (QED) is 0.841. The van der Waals surface area contributed by atoms with E-state index in [0.717, 1.165) is 29.3 Å². The van der Waals surface area contributed by atoms with Crippen molar-refractivity contribution in [3.8, 4) is 0 Å². The minimum atomic E-state index is 0.684. The van der Waals surface area contributed by atoms with Gasteiger partial charge in [0.1, 0.15) is 5.82 Å². The molecule has 0 saturated heterocycles. The fourth-order valence-corrected chi connectivity index (χ4v) is 2.76. The third-order valence-corrected chi connectivity index (χ3v) is 3.98. The summed E-state index contributed by atoms with van der Waals surface area (Å²) in [5.74, 6) is 2.48. The number of hydrogen-bond acceptors (Lipinski definition) is 4. The fourth-order valence-electron chi connectivity index (χ4n) is 2.43. The summed E-state index contributed by atoms with van der Waals surface area (Å²) in [5, 5.41) is 6.52. The molecule has 4 nitrogen and oxygen atoms in total. The molecule has 2 N–H and O–H groups in total. The molecule has 0 amide bonds. The number of halogens is 1. The molecule has 1 aliphatic rings. The van der Waals surface area contributed by atoms with E-state index in [0.29, 0.717) is 5.95 Å². The minimum Gasteiger partial charge on any atom is -0.369 e. The molecule has 5 heteroatoms. The Morgan fingerprint density at radius 3 is 2.83 bits per heavy atom. The van der Waals surface area contributed by atoms with E-state index in [1.165, 1.54) is 32.1 Å². The number of aromatic nitrogens is 2. The Kier molecular flexibility index (Phi) is 5.23. The van der Waals surface area contributed by atoms with Crippen LogP contribution in [0.25, 0.3) is 0 Å². The maximum atomic E-state index is 4.45. The lowest BCUT2D eigenvalue weighted by Gasteiger charge is -2.12.